The Labute approximate surface area is 193 Å². The summed E-state index contributed by atoms with van der Waals surface area (Å²) in [5, 5.41) is 5.28. The Kier molecular flexibility index (Phi) is 6.68. The zero-order chi connectivity index (χ0) is 23.4. The minimum atomic E-state index is -0.210. The van der Waals surface area contributed by atoms with Gasteiger partial charge in [0, 0.05) is 19.6 Å². The van der Waals surface area contributed by atoms with Gasteiger partial charge in [0.2, 0.25) is 5.91 Å². The maximum absolute atomic E-state index is 12.9. The molecule has 3 aromatic rings. The second-order valence-electron chi connectivity index (χ2n) is 8.02. The summed E-state index contributed by atoms with van der Waals surface area (Å²) in [6.45, 7) is 1.30. The molecule has 4 rings (SSSR count). The van der Waals surface area contributed by atoms with E-state index in [1.165, 1.54) is 7.11 Å². The number of amides is 2. The van der Waals surface area contributed by atoms with Crippen molar-refractivity contribution in [2.75, 3.05) is 41.0 Å². The number of nitrogens with zero attached hydrogens (tertiary/aromatic N) is 1. The van der Waals surface area contributed by atoms with Gasteiger partial charge in [0.15, 0.2) is 0 Å². The molecule has 0 spiro atoms. The number of hydrogen-bond donors (Lipinski definition) is 1. The number of hydrogen-bond acceptors (Lipinski definition) is 5. The Morgan fingerprint density at radius 3 is 2.39 bits per heavy atom. The molecule has 7 nitrogen and oxygen atoms in total. The molecule has 1 aliphatic heterocycles. The third-order valence-corrected chi connectivity index (χ3v) is 6.05. The number of likely N-dealkylation sites (tertiary alicyclic amines) is 1. The molecule has 1 heterocycles. The Bertz CT molecular complexity index is 1170. The molecular weight excluding hydrogens is 420 g/mol. The molecule has 1 N–H and O–H groups in total. The van der Waals surface area contributed by atoms with Gasteiger partial charge in [-0.15, -0.1) is 0 Å². The summed E-state index contributed by atoms with van der Waals surface area (Å²) in [5.41, 5.74) is 1.59. The molecule has 0 radical (unpaired) electrons. The van der Waals surface area contributed by atoms with Crippen molar-refractivity contribution in [3.05, 3.63) is 65.7 Å². The third kappa shape index (κ3) is 4.72. The average molecular weight is 449 g/mol. The van der Waals surface area contributed by atoms with Crippen LogP contribution >= 0.6 is 0 Å². The first-order valence-electron chi connectivity index (χ1n) is 10.9. The Morgan fingerprint density at radius 1 is 0.939 bits per heavy atom. The van der Waals surface area contributed by atoms with Crippen molar-refractivity contribution in [3.8, 4) is 17.2 Å². The van der Waals surface area contributed by atoms with Gasteiger partial charge in [-0.25, -0.2) is 0 Å². The smallest absolute Gasteiger partial charge is 0.257 e. The monoisotopic (exact) mass is 448 g/mol. The Hall–Kier alpha value is -3.74. The van der Waals surface area contributed by atoms with E-state index in [1.807, 2.05) is 24.3 Å². The molecule has 33 heavy (non-hydrogen) atoms. The number of fused-ring (bicyclic) bond motifs is 1. The van der Waals surface area contributed by atoms with Crippen molar-refractivity contribution in [1.29, 1.82) is 0 Å². The van der Waals surface area contributed by atoms with Crippen LogP contribution < -0.4 is 19.5 Å². The van der Waals surface area contributed by atoms with E-state index in [0.29, 0.717) is 43.1 Å². The SMILES string of the molecule is COc1ccc(OC)c(C(=O)N2CC(C(=O)NCCc3cccc4ccc(OC)cc34)C2)c1. The predicted octanol–water partition coefficient (Wildman–Crippen LogP) is 3.30. The van der Waals surface area contributed by atoms with Crippen LogP contribution in [0, 0.1) is 5.92 Å². The second kappa shape index (κ2) is 9.81. The van der Waals surface area contributed by atoms with Crippen molar-refractivity contribution in [3.63, 3.8) is 0 Å². The number of rotatable bonds is 8. The van der Waals surface area contributed by atoms with Crippen molar-refractivity contribution in [1.82, 2.24) is 10.2 Å². The van der Waals surface area contributed by atoms with Gasteiger partial charge < -0.3 is 24.4 Å². The van der Waals surface area contributed by atoms with Gasteiger partial charge in [0.25, 0.3) is 5.91 Å². The van der Waals surface area contributed by atoms with Crippen LogP contribution in [0.4, 0.5) is 0 Å². The molecule has 0 aliphatic carbocycles. The fourth-order valence-electron chi connectivity index (χ4n) is 4.09. The highest BCUT2D eigenvalue weighted by molar-refractivity contribution is 5.99. The van der Waals surface area contributed by atoms with E-state index in [1.54, 1.807) is 37.3 Å². The van der Waals surface area contributed by atoms with Crippen LogP contribution in [-0.2, 0) is 11.2 Å². The first-order valence-corrected chi connectivity index (χ1v) is 10.9. The van der Waals surface area contributed by atoms with Crippen LogP contribution in [0.15, 0.2) is 54.6 Å². The lowest BCUT2D eigenvalue weighted by atomic mass is 9.97. The van der Waals surface area contributed by atoms with Gasteiger partial charge in [-0.3, -0.25) is 9.59 Å². The predicted molar refractivity (Wildman–Crippen MR) is 126 cm³/mol. The van der Waals surface area contributed by atoms with E-state index in [4.69, 9.17) is 14.2 Å². The first kappa shape index (κ1) is 22.5. The molecule has 0 atom stereocenters. The summed E-state index contributed by atoms with van der Waals surface area (Å²) in [7, 11) is 4.73. The lowest BCUT2D eigenvalue weighted by molar-refractivity contribution is -0.128. The van der Waals surface area contributed by atoms with Crippen molar-refractivity contribution in [2.45, 2.75) is 6.42 Å². The van der Waals surface area contributed by atoms with E-state index in [0.717, 1.165) is 22.1 Å². The summed E-state index contributed by atoms with van der Waals surface area (Å²) in [6.07, 6.45) is 0.715. The van der Waals surface area contributed by atoms with E-state index >= 15 is 0 Å². The van der Waals surface area contributed by atoms with Gasteiger partial charge >= 0.3 is 0 Å². The lowest BCUT2D eigenvalue weighted by Gasteiger charge is -2.38. The van der Waals surface area contributed by atoms with Crippen molar-refractivity contribution < 1.29 is 23.8 Å². The van der Waals surface area contributed by atoms with E-state index < -0.39 is 0 Å². The molecule has 1 saturated heterocycles. The summed E-state index contributed by atoms with van der Waals surface area (Å²) >= 11 is 0. The Morgan fingerprint density at radius 2 is 1.67 bits per heavy atom. The highest BCUT2D eigenvalue weighted by Crippen LogP contribution is 2.28. The summed E-state index contributed by atoms with van der Waals surface area (Å²) in [6, 6.07) is 17.3. The molecule has 0 saturated carbocycles. The molecule has 172 valence electrons. The molecule has 0 unspecified atom stereocenters. The maximum Gasteiger partial charge on any atom is 0.257 e. The highest BCUT2D eigenvalue weighted by atomic mass is 16.5. The van der Waals surface area contributed by atoms with Crippen LogP contribution in [-0.4, -0.2) is 57.7 Å². The van der Waals surface area contributed by atoms with Crippen LogP contribution in [0.3, 0.4) is 0 Å². The van der Waals surface area contributed by atoms with Crippen LogP contribution in [0.1, 0.15) is 15.9 Å². The van der Waals surface area contributed by atoms with Crippen LogP contribution in [0.2, 0.25) is 0 Å². The standard InChI is InChI=1S/C26H28N2O5/c1-31-20-8-7-17-5-4-6-18(22(17)13-20)11-12-27-25(29)19-15-28(16-19)26(30)23-14-21(32-2)9-10-24(23)33-3/h4-10,13-14,19H,11-12,15-16H2,1-3H3,(H,27,29). The normalized spacial score (nSPS) is 13.4. The summed E-state index contributed by atoms with van der Waals surface area (Å²) < 4.78 is 15.9. The zero-order valence-electron chi connectivity index (χ0n) is 19.1. The number of carbonyl (C=O) groups is 2. The third-order valence-electron chi connectivity index (χ3n) is 6.05. The minimum absolute atomic E-state index is 0.0329. The van der Waals surface area contributed by atoms with Crippen LogP contribution in [0.5, 0.6) is 17.2 Å². The lowest BCUT2D eigenvalue weighted by Crippen LogP contribution is -2.55. The van der Waals surface area contributed by atoms with Gasteiger partial charge in [-0.2, -0.15) is 0 Å². The number of ether oxygens (including phenoxy) is 3. The van der Waals surface area contributed by atoms with Crippen molar-refractivity contribution in [2.24, 2.45) is 5.92 Å². The molecule has 3 aromatic carbocycles. The molecule has 2 amide bonds. The van der Waals surface area contributed by atoms with Crippen LogP contribution in [0.25, 0.3) is 10.8 Å². The second-order valence-corrected chi connectivity index (χ2v) is 8.02. The Balaban J connectivity index is 1.31. The van der Waals surface area contributed by atoms with E-state index in [2.05, 4.69) is 17.4 Å². The first-order chi connectivity index (χ1) is 16.0. The number of benzene rings is 3. The molecule has 0 aromatic heterocycles. The van der Waals surface area contributed by atoms with E-state index in [-0.39, 0.29) is 17.7 Å². The summed E-state index contributed by atoms with van der Waals surface area (Å²) in [5.74, 6) is 1.47. The number of nitrogens with one attached hydrogen (secondary N) is 1. The quantitative estimate of drug-likeness (QED) is 0.572. The number of methoxy groups -OCH3 is 3. The molecule has 0 bridgehead atoms. The van der Waals surface area contributed by atoms with Gasteiger partial charge in [-0.05, 0) is 53.1 Å². The highest BCUT2D eigenvalue weighted by Gasteiger charge is 2.36. The summed E-state index contributed by atoms with van der Waals surface area (Å²) in [4.78, 5) is 27.1. The largest absolute Gasteiger partial charge is 0.497 e. The minimum Gasteiger partial charge on any atom is -0.497 e. The molecule has 7 heteroatoms. The van der Waals surface area contributed by atoms with Gasteiger partial charge in [0.1, 0.15) is 17.2 Å². The van der Waals surface area contributed by atoms with Gasteiger partial charge in [0.05, 0.1) is 32.8 Å². The fraction of sp³-hybridized carbons (Fsp3) is 0.308. The van der Waals surface area contributed by atoms with Gasteiger partial charge in [-0.1, -0.05) is 24.3 Å². The number of carbonyl (C=O) groups excluding carboxylic acids is 2. The molecule has 1 fully saturated rings. The van der Waals surface area contributed by atoms with E-state index in [9.17, 15) is 9.59 Å². The molecule has 1 aliphatic rings. The van der Waals surface area contributed by atoms with Crippen molar-refractivity contribution >= 4 is 22.6 Å². The maximum atomic E-state index is 12.9. The zero-order valence-corrected chi connectivity index (χ0v) is 19.1. The topological polar surface area (TPSA) is 77.1 Å². The average Bonchev–Trinajstić information content (AvgIpc) is 2.82. The fourth-order valence-corrected chi connectivity index (χ4v) is 4.09. The molecular formula is C26H28N2O5.